The minimum Gasteiger partial charge on any atom is -0.506 e. The summed E-state index contributed by atoms with van der Waals surface area (Å²) in [6.45, 7) is -0.178. The zero-order valence-corrected chi connectivity index (χ0v) is 19.9. The first-order valence-corrected chi connectivity index (χ1v) is 11.8. The van der Waals surface area contributed by atoms with Crippen LogP contribution >= 0.6 is 0 Å². The first-order valence-electron chi connectivity index (χ1n) is 11.8. The van der Waals surface area contributed by atoms with Crippen molar-refractivity contribution >= 4 is 21.8 Å². The van der Waals surface area contributed by atoms with E-state index in [0.29, 0.717) is 11.8 Å². The number of fused-ring (bicyclic) bond motifs is 3. The third-order valence-corrected chi connectivity index (χ3v) is 6.26. The van der Waals surface area contributed by atoms with Crippen molar-refractivity contribution in [3.8, 4) is 34.6 Å². The molecule has 1 aliphatic carbocycles. The van der Waals surface area contributed by atoms with Gasteiger partial charge in [0, 0.05) is 53.6 Å². The van der Waals surface area contributed by atoms with Crippen LogP contribution in [0.25, 0.3) is 32.9 Å². The van der Waals surface area contributed by atoms with E-state index < -0.39 is 0 Å². The second-order valence-electron chi connectivity index (χ2n) is 8.60. The van der Waals surface area contributed by atoms with Crippen molar-refractivity contribution in [2.75, 3.05) is 6.61 Å². The number of aromatic hydroxyl groups is 1. The van der Waals surface area contributed by atoms with Crippen molar-refractivity contribution < 1.29 is 14.9 Å². The maximum atomic E-state index is 8.82. The third kappa shape index (κ3) is 4.99. The third-order valence-electron chi connectivity index (χ3n) is 6.26. The second kappa shape index (κ2) is 10.5. The molecule has 0 unspecified atom stereocenters. The minimum absolute atomic E-state index is 0.111. The van der Waals surface area contributed by atoms with Crippen LogP contribution in [0.2, 0.25) is 0 Å². The van der Waals surface area contributed by atoms with Gasteiger partial charge in [0.25, 0.3) is 0 Å². The molecule has 0 radical (unpaired) electrons. The first-order chi connectivity index (χ1) is 17.6. The quantitative estimate of drug-likeness (QED) is 0.360. The first kappa shape index (κ1) is 23.3. The van der Waals surface area contributed by atoms with Gasteiger partial charge < -0.3 is 19.5 Å². The Morgan fingerprint density at radius 1 is 0.944 bits per heavy atom. The minimum atomic E-state index is -0.178. The Morgan fingerprint density at radius 3 is 2.50 bits per heavy atom. The van der Waals surface area contributed by atoms with E-state index in [-0.39, 0.29) is 12.4 Å². The van der Waals surface area contributed by atoms with Crippen LogP contribution in [0.3, 0.4) is 0 Å². The molecule has 180 valence electrons. The molecule has 5 aromatic rings. The van der Waals surface area contributed by atoms with Crippen molar-refractivity contribution in [2.45, 2.75) is 25.4 Å². The van der Waals surface area contributed by atoms with Crippen molar-refractivity contribution in [1.82, 2.24) is 19.5 Å². The lowest BCUT2D eigenvalue weighted by Crippen LogP contribution is -2.24. The Labute approximate surface area is 209 Å². The second-order valence-corrected chi connectivity index (χ2v) is 8.60. The maximum Gasteiger partial charge on any atom is 0.213 e. The molecule has 6 rings (SSSR count). The number of hydrogen-bond acceptors (Lipinski definition) is 6. The number of rotatable bonds is 3. The van der Waals surface area contributed by atoms with Gasteiger partial charge >= 0.3 is 0 Å². The molecule has 0 aliphatic heterocycles. The number of aryl methyl sites for hydroxylation is 1. The molecule has 4 heterocycles. The molecule has 0 saturated heterocycles. The number of hydrogen-bond donors (Lipinski definition) is 2. The van der Waals surface area contributed by atoms with Crippen LogP contribution in [-0.2, 0) is 7.05 Å². The normalized spacial score (nSPS) is 12.8. The average molecular weight is 479 g/mol. The van der Waals surface area contributed by atoms with Gasteiger partial charge in [0.2, 0.25) is 5.88 Å². The van der Waals surface area contributed by atoms with Crippen molar-refractivity contribution in [3.63, 3.8) is 0 Å². The van der Waals surface area contributed by atoms with E-state index in [0.717, 1.165) is 29.8 Å². The fourth-order valence-corrected chi connectivity index (χ4v) is 4.10. The summed E-state index contributed by atoms with van der Waals surface area (Å²) in [5.74, 6) is 5.88. The van der Waals surface area contributed by atoms with Crippen LogP contribution in [0.4, 0.5) is 0 Å². The predicted molar refractivity (Wildman–Crippen MR) is 140 cm³/mol. The van der Waals surface area contributed by atoms with E-state index in [1.165, 1.54) is 40.5 Å². The molecule has 0 spiro atoms. The topological polar surface area (TPSA) is 93.3 Å². The Balaban J connectivity index is 0.000000205. The number of pyridine rings is 3. The number of aromatic nitrogens is 4. The van der Waals surface area contributed by atoms with Gasteiger partial charge in [0.05, 0.1) is 11.7 Å². The van der Waals surface area contributed by atoms with Crippen LogP contribution in [0.5, 0.6) is 11.6 Å². The number of aliphatic hydroxyl groups is 1. The lowest BCUT2D eigenvalue weighted by Gasteiger charge is -2.25. The van der Waals surface area contributed by atoms with Gasteiger partial charge in [-0.2, -0.15) is 0 Å². The summed E-state index contributed by atoms with van der Waals surface area (Å²) in [5.41, 5.74) is 5.21. The van der Waals surface area contributed by atoms with E-state index in [9.17, 15) is 0 Å². The summed E-state index contributed by atoms with van der Waals surface area (Å²) >= 11 is 0. The molecule has 0 atom stereocenters. The zero-order chi connectivity index (χ0) is 24.9. The molecule has 1 aliphatic rings. The highest BCUT2D eigenvalue weighted by Gasteiger charge is 2.19. The van der Waals surface area contributed by atoms with Crippen molar-refractivity contribution in [3.05, 3.63) is 79.0 Å². The standard InChI is InChI=1S/C21H19N3O.C8H7NO2/c1-24-19-9-10-22-13-18(19)17-7-5-14(11-20(17)24)15-6-8-21(23-12-15)25-16-3-2-4-16;10-5-1-2-7-3-4-8(11)6-9-7/h5-13,16H,2-4H2,1H3;3-4,6,10-11H,5H2. The van der Waals surface area contributed by atoms with Crippen molar-refractivity contribution in [2.24, 2.45) is 7.05 Å². The smallest absolute Gasteiger partial charge is 0.213 e. The van der Waals surface area contributed by atoms with E-state index in [2.05, 4.69) is 68.7 Å². The summed E-state index contributed by atoms with van der Waals surface area (Å²) in [7, 11) is 2.10. The zero-order valence-electron chi connectivity index (χ0n) is 19.9. The predicted octanol–water partition coefficient (Wildman–Crippen LogP) is 4.85. The molecule has 0 amide bonds. The van der Waals surface area contributed by atoms with Crippen LogP contribution in [-0.4, -0.2) is 42.4 Å². The molecular weight excluding hydrogens is 452 g/mol. The lowest BCUT2D eigenvalue weighted by atomic mass is 9.96. The molecule has 2 N–H and O–H groups in total. The fourth-order valence-electron chi connectivity index (χ4n) is 4.10. The molecule has 1 aromatic carbocycles. The number of benzene rings is 1. The van der Waals surface area contributed by atoms with Crippen LogP contribution < -0.4 is 4.74 Å². The van der Waals surface area contributed by atoms with Gasteiger partial charge in [0.15, 0.2) is 0 Å². The molecular formula is C29H26N4O3. The maximum absolute atomic E-state index is 8.82. The molecule has 7 heteroatoms. The molecule has 1 fully saturated rings. The molecule has 1 saturated carbocycles. The number of ether oxygens (including phenoxy) is 1. The largest absolute Gasteiger partial charge is 0.506 e. The highest BCUT2D eigenvalue weighted by atomic mass is 16.5. The van der Waals surface area contributed by atoms with Crippen LogP contribution in [0.1, 0.15) is 25.0 Å². The summed E-state index contributed by atoms with van der Waals surface area (Å²) in [5, 5.41) is 19.6. The molecule has 36 heavy (non-hydrogen) atoms. The van der Waals surface area contributed by atoms with Crippen molar-refractivity contribution in [1.29, 1.82) is 0 Å². The number of nitrogens with zero attached hydrogens (tertiary/aromatic N) is 4. The monoisotopic (exact) mass is 478 g/mol. The molecule has 7 nitrogen and oxygen atoms in total. The van der Waals surface area contributed by atoms with Gasteiger partial charge in [-0.3, -0.25) is 4.98 Å². The summed E-state index contributed by atoms with van der Waals surface area (Å²) in [6.07, 6.45) is 10.9. The molecule has 4 aromatic heterocycles. The van der Waals surface area contributed by atoms with E-state index in [4.69, 9.17) is 14.9 Å². The summed E-state index contributed by atoms with van der Waals surface area (Å²) in [4.78, 5) is 12.5. The lowest BCUT2D eigenvalue weighted by molar-refractivity contribution is 0.114. The van der Waals surface area contributed by atoms with Gasteiger partial charge in [-0.1, -0.05) is 18.1 Å². The Kier molecular flexibility index (Phi) is 6.78. The highest BCUT2D eigenvalue weighted by molar-refractivity contribution is 6.08. The van der Waals surface area contributed by atoms with Gasteiger partial charge in [-0.25, -0.2) is 9.97 Å². The van der Waals surface area contributed by atoms with Crippen LogP contribution in [0.15, 0.2) is 73.3 Å². The summed E-state index contributed by atoms with van der Waals surface area (Å²) in [6, 6.07) is 15.7. The van der Waals surface area contributed by atoms with Gasteiger partial charge in [-0.15, -0.1) is 0 Å². The fraction of sp³-hybridized carbons (Fsp3) is 0.207. The Morgan fingerprint density at radius 2 is 1.81 bits per heavy atom. The highest BCUT2D eigenvalue weighted by Crippen LogP contribution is 2.31. The average Bonchev–Trinajstić information content (AvgIpc) is 3.18. The summed E-state index contributed by atoms with van der Waals surface area (Å²) < 4.78 is 8.07. The number of aliphatic hydroxyl groups excluding tert-OH is 1. The van der Waals surface area contributed by atoms with Crippen LogP contribution in [0, 0.1) is 11.8 Å². The van der Waals surface area contributed by atoms with E-state index >= 15 is 0 Å². The van der Waals surface area contributed by atoms with Gasteiger partial charge in [-0.05, 0) is 61.1 Å². The van der Waals surface area contributed by atoms with Gasteiger partial charge in [0.1, 0.15) is 24.2 Å². The molecule has 0 bridgehead atoms. The SMILES string of the molecule is Cn1c2ccncc2c2ccc(-c3ccc(OC4CCC4)nc3)cc21.OCC#Cc1ccc(O)cn1. The Bertz CT molecular complexity index is 1540. The Hall–Kier alpha value is -4.41. The van der Waals surface area contributed by atoms with E-state index in [1.54, 1.807) is 6.07 Å². The van der Waals surface area contributed by atoms with E-state index in [1.807, 2.05) is 24.7 Å².